The predicted octanol–water partition coefficient (Wildman–Crippen LogP) is 3.48. The lowest BCUT2D eigenvalue weighted by atomic mass is 9.97. The highest BCUT2D eigenvalue weighted by molar-refractivity contribution is 7.89. The number of likely N-dealkylation sites (tertiary alicyclic amines) is 1. The van der Waals surface area contributed by atoms with Gasteiger partial charge >= 0.3 is 6.03 Å². The molecule has 2 amide bonds. The molecule has 0 spiro atoms. The van der Waals surface area contributed by atoms with E-state index >= 15 is 0 Å². The van der Waals surface area contributed by atoms with Crippen molar-refractivity contribution in [2.45, 2.75) is 31.1 Å². The number of urea groups is 1. The molecule has 1 saturated heterocycles. The van der Waals surface area contributed by atoms with Gasteiger partial charge in [0.2, 0.25) is 10.0 Å². The van der Waals surface area contributed by atoms with Gasteiger partial charge in [-0.3, -0.25) is 0 Å². The number of nitrogens with one attached hydrogen (secondary N) is 2. The summed E-state index contributed by atoms with van der Waals surface area (Å²) in [7, 11) is -1.95. The van der Waals surface area contributed by atoms with Crippen molar-refractivity contribution in [1.82, 2.24) is 9.62 Å². The third-order valence-electron chi connectivity index (χ3n) is 5.45. The molecule has 0 saturated carbocycles. The number of amides is 2. The van der Waals surface area contributed by atoms with Gasteiger partial charge in [0.05, 0.1) is 17.7 Å². The summed E-state index contributed by atoms with van der Waals surface area (Å²) in [5.74, 6) is 0.812. The van der Waals surface area contributed by atoms with E-state index in [-0.39, 0.29) is 16.8 Å². The first-order valence-electron chi connectivity index (χ1n) is 10.2. The number of nitrogens with zero attached hydrogens (tertiary/aromatic N) is 1. The molecule has 1 heterocycles. The number of hydrogen-bond acceptors (Lipinski definition) is 4. The zero-order chi connectivity index (χ0) is 21.6. The molecule has 1 fully saturated rings. The molecule has 2 aromatic carbocycles. The molecule has 0 bridgehead atoms. The average molecular weight is 432 g/mol. The second-order valence-electron chi connectivity index (χ2n) is 7.41. The Balaban J connectivity index is 1.48. The minimum Gasteiger partial charge on any atom is -0.495 e. The Morgan fingerprint density at radius 2 is 1.77 bits per heavy atom. The zero-order valence-corrected chi connectivity index (χ0v) is 18.2. The lowest BCUT2D eigenvalue weighted by molar-refractivity contribution is 0.183. The Labute approximate surface area is 178 Å². The maximum atomic E-state index is 12.5. The third-order valence-corrected chi connectivity index (χ3v) is 6.89. The quantitative estimate of drug-likeness (QED) is 0.703. The van der Waals surface area contributed by atoms with Gasteiger partial charge in [-0.1, -0.05) is 31.2 Å². The minimum absolute atomic E-state index is 0.172. The summed E-state index contributed by atoms with van der Waals surface area (Å²) >= 11 is 0. The number of piperidine rings is 1. The fourth-order valence-corrected chi connectivity index (χ4v) is 4.61. The molecule has 162 valence electrons. The maximum absolute atomic E-state index is 12.5. The van der Waals surface area contributed by atoms with Gasteiger partial charge in [0.1, 0.15) is 5.75 Å². The number of methoxy groups -OCH3 is 1. The van der Waals surface area contributed by atoms with Gasteiger partial charge in [0.15, 0.2) is 0 Å². The number of anilines is 1. The van der Waals surface area contributed by atoms with Crippen molar-refractivity contribution in [2.24, 2.45) is 5.92 Å². The van der Waals surface area contributed by atoms with E-state index < -0.39 is 10.0 Å². The van der Waals surface area contributed by atoms with Gasteiger partial charge in [0, 0.05) is 19.6 Å². The van der Waals surface area contributed by atoms with E-state index in [1.165, 1.54) is 0 Å². The molecular formula is C22H29N3O4S. The van der Waals surface area contributed by atoms with E-state index in [1.807, 2.05) is 31.2 Å². The SMILES string of the molecule is CCc1ccc(S(=O)(=O)NCC2CCN(C(=O)Nc3ccccc3OC)CC2)cc1. The van der Waals surface area contributed by atoms with Gasteiger partial charge < -0.3 is 15.0 Å². The van der Waals surface area contributed by atoms with Crippen LogP contribution < -0.4 is 14.8 Å². The Bertz CT molecular complexity index is 953. The first kappa shape index (κ1) is 22.1. The Morgan fingerprint density at radius 1 is 1.10 bits per heavy atom. The van der Waals surface area contributed by atoms with Crippen molar-refractivity contribution >= 4 is 21.7 Å². The lowest BCUT2D eigenvalue weighted by Gasteiger charge is -2.32. The van der Waals surface area contributed by atoms with Gasteiger partial charge in [0.25, 0.3) is 0 Å². The van der Waals surface area contributed by atoms with E-state index in [1.54, 1.807) is 36.3 Å². The standard InChI is InChI=1S/C22H29N3O4S/c1-3-17-8-10-19(11-9-17)30(27,28)23-16-18-12-14-25(15-13-18)22(26)24-20-6-4-5-7-21(20)29-2/h4-11,18,23H,3,12-16H2,1-2H3,(H,24,26). The number of carbonyl (C=O) groups excluding carboxylic acids is 1. The molecule has 0 unspecified atom stereocenters. The maximum Gasteiger partial charge on any atom is 0.321 e. The summed E-state index contributed by atoms with van der Waals surface area (Å²) in [4.78, 5) is 14.6. The van der Waals surface area contributed by atoms with Crippen LogP contribution in [-0.2, 0) is 16.4 Å². The van der Waals surface area contributed by atoms with Gasteiger partial charge in [-0.2, -0.15) is 0 Å². The number of ether oxygens (including phenoxy) is 1. The molecule has 2 aromatic rings. The van der Waals surface area contributed by atoms with Crippen LogP contribution in [-0.4, -0.2) is 46.1 Å². The van der Waals surface area contributed by atoms with Crippen LogP contribution in [0.25, 0.3) is 0 Å². The number of carbonyl (C=O) groups is 1. The highest BCUT2D eigenvalue weighted by Crippen LogP contribution is 2.24. The smallest absolute Gasteiger partial charge is 0.321 e. The highest BCUT2D eigenvalue weighted by Gasteiger charge is 2.25. The van der Waals surface area contributed by atoms with Crippen molar-refractivity contribution in [3.63, 3.8) is 0 Å². The molecule has 0 aliphatic carbocycles. The van der Waals surface area contributed by atoms with Crippen molar-refractivity contribution < 1.29 is 17.9 Å². The zero-order valence-electron chi connectivity index (χ0n) is 17.4. The van der Waals surface area contributed by atoms with Crippen LogP contribution in [0.15, 0.2) is 53.4 Å². The molecule has 0 atom stereocenters. The number of benzene rings is 2. The van der Waals surface area contributed by atoms with Crippen LogP contribution in [0.2, 0.25) is 0 Å². The molecule has 1 aliphatic heterocycles. The summed E-state index contributed by atoms with van der Waals surface area (Å²) in [5.41, 5.74) is 1.74. The Hall–Kier alpha value is -2.58. The fourth-order valence-electron chi connectivity index (χ4n) is 3.50. The average Bonchev–Trinajstić information content (AvgIpc) is 2.78. The number of para-hydroxylation sites is 2. The van der Waals surface area contributed by atoms with Crippen LogP contribution in [0.3, 0.4) is 0 Å². The normalized spacial score (nSPS) is 15.1. The van der Waals surface area contributed by atoms with Crippen LogP contribution in [0.5, 0.6) is 5.75 Å². The number of hydrogen-bond donors (Lipinski definition) is 2. The van der Waals surface area contributed by atoms with E-state index in [0.717, 1.165) is 24.8 Å². The first-order valence-corrected chi connectivity index (χ1v) is 11.7. The predicted molar refractivity (Wildman–Crippen MR) is 117 cm³/mol. The summed E-state index contributed by atoms with van der Waals surface area (Å²) < 4.78 is 33.0. The lowest BCUT2D eigenvalue weighted by Crippen LogP contribution is -2.43. The Kier molecular flexibility index (Phi) is 7.33. The largest absolute Gasteiger partial charge is 0.495 e. The molecule has 0 radical (unpaired) electrons. The number of rotatable bonds is 7. The summed E-state index contributed by atoms with van der Waals surface area (Å²) in [6.45, 7) is 3.57. The molecule has 1 aliphatic rings. The van der Waals surface area contributed by atoms with Crippen molar-refractivity contribution in [3.8, 4) is 5.75 Å². The van der Waals surface area contributed by atoms with Crippen molar-refractivity contribution in [3.05, 3.63) is 54.1 Å². The van der Waals surface area contributed by atoms with Crippen molar-refractivity contribution in [2.75, 3.05) is 32.1 Å². The molecule has 3 rings (SSSR count). The van der Waals surface area contributed by atoms with E-state index in [2.05, 4.69) is 10.0 Å². The van der Waals surface area contributed by atoms with Gasteiger partial charge in [-0.15, -0.1) is 0 Å². The molecule has 8 heteroatoms. The number of sulfonamides is 1. The third kappa shape index (κ3) is 5.52. The molecular weight excluding hydrogens is 402 g/mol. The molecule has 30 heavy (non-hydrogen) atoms. The van der Waals surface area contributed by atoms with Gasteiger partial charge in [-0.25, -0.2) is 17.9 Å². The molecule has 7 nitrogen and oxygen atoms in total. The molecule has 2 N–H and O–H groups in total. The fraction of sp³-hybridized carbons (Fsp3) is 0.409. The summed E-state index contributed by atoms with van der Waals surface area (Å²) in [5, 5.41) is 2.88. The van der Waals surface area contributed by atoms with E-state index in [0.29, 0.717) is 31.1 Å². The highest BCUT2D eigenvalue weighted by atomic mass is 32.2. The monoisotopic (exact) mass is 431 g/mol. The van der Waals surface area contributed by atoms with Crippen LogP contribution in [0, 0.1) is 5.92 Å². The second kappa shape index (κ2) is 9.95. The Morgan fingerprint density at radius 3 is 2.40 bits per heavy atom. The summed E-state index contributed by atoms with van der Waals surface area (Å²) in [6.07, 6.45) is 2.37. The van der Waals surface area contributed by atoms with Crippen LogP contribution >= 0.6 is 0 Å². The van der Waals surface area contributed by atoms with Crippen LogP contribution in [0.1, 0.15) is 25.3 Å². The summed E-state index contributed by atoms with van der Waals surface area (Å²) in [6, 6.07) is 14.1. The first-order chi connectivity index (χ1) is 14.4. The van der Waals surface area contributed by atoms with Crippen LogP contribution in [0.4, 0.5) is 10.5 Å². The van der Waals surface area contributed by atoms with E-state index in [4.69, 9.17) is 4.74 Å². The second-order valence-corrected chi connectivity index (χ2v) is 9.18. The molecule has 0 aromatic heterocycles. The van der Waals surface area contributed by atoms with E-state index in [9.17, 15) is 13.2 Å². The van der Waals surface area contributed by atoms with Gasteiger partial charge in [-0.05, 0) is 55.0 Å². The van der Waals surface area contributed by atoms with Crippen molar-refractivity contribution in [1.29, 1.82) is 0 Å². The minimum atomic E-state index is -3.52. The topological polar surface area (TPSA) is 87.7 Å². The number of aryl methyl sites for hydroxylation is 1.